The molecule has 3 nitrogen and oxygen atoms in total. The summed E-state index contributed by atoms with van der Waals surface area (Å²) in [6.07, 6.45) is 5.01. The van der Waals surface area contributed by atoms with Gasteiger partial charge in [0, 0.05) is 5.69 Å². The van der Waals surface area contributed by atoms with E-state index < -0.39 is 0 Å². The molecule has 1 aliphatic carbocycles. The monoisotopic (exact) mass is 253 g/mol. The topological polar surface area (TPSA) is 39.2 Å². The molecule has 17 heavy (non-hydrogen) atoms. The zero-order chi connectivity index (χ0) is 12.3. The van der Waals surface area contributed by atoms with E-state index >= 15 is 0 Å². The Labute approximate surface area is 106 Å². The number of aromatic nitrogens is 1. The molecule has 1 aromatic rings. The van der Waals surface area contributed by atoms with E-state index in [-0.39, 0.29) is 12.1 Å². The van der Waals surface area contributed by atoms with Gasteiger partial charge in [-0.3, -0.25) is 0 Å². The summed E-state index contributed by atoms with van der Waals surface area (Å²) in [6, 6.07) is 3.35. The molecule has 1 aromatic heterocycles. The maximum atomic E-state index is 11.8. The number of carbonyl (C=O) groups excluding carboxylic acids is 1. The second-order valence-electron chi connectivity index (χ2n) is 4.38. The van der Waals surface area contributed by atoms with E-state index in [1.165, 1.54) is 0 Å². The van der Waals surface area contributed by atoms with Crippen molar-refractivity contribution in [2.24, 2.45) is 0 Å². The molecule has 2 rings (SSSR count). The first-order chi connectivity index (χ1) is 8.19. The quantitative estimate of drug-likeness (QED) is 0.610. The van der Waals surface area contributed by atoms with Crippen molar-refractivity contribution in [1.82, 2.24) is 4.98 Å². The highest BCUT2D eigenvalue weighted by Gasteiger charge is 2.22. The first-order valence-corrected chi connectivity index (χ1v) is 6.44. The van der Waals surface area contributed by atoms with E-state index in [1.807, 2.05) is 0 Å². The largest absolute Gasteiger partial charge is 0.459 e. The number of halogens is 1. The van der Waals surface area contributed by atoms with Crippen LogP contribution < -0.4 is 0 Å². The fraction of sp³-hybridized carbons (Fsp3) is 0.538. The fourth-order valence-corrected chi connectivity index (χ4v) is 1.99. The summed E-state index contributed by atoms with van der Waals surface area (Å²) in [5, 5.41) is 0.358. The number of hydrogen-bond acceptors (Lipinski definition) is 3. The van der Waals surface area contributed by atoms with Gasteiger partial charge in [-0.1, -0.05) is 24.9 Å². The third-order valence-corrected chi connectivity index (χ3v) is 3.11. The Bertz CT molecular complexity index is 416. The van der Waals surface area contributed by atoms with Crippen LogP contribution in [0.2, 0.25) is 5.15 Å². The smallest absolute Gasteiger partial charge is 0.338 e. The molecule has 1 fully saturated rings. The highest BCUT2D eigenvalue weighted by Crippen LogP contribution is 2.23. The van der Waals surface area contributed by atoms with Gasteiger partial charge in [-0.05, 0) is 37.8 Å². The maximum absolute atomic E-state index is 11.8. The third kappa shape index (κ3) is 3.19. The van der Waals surface area contributed by atoms with Gasteiger partial charge in [0.2, 0.25) is 0 Å². The second-order valence-corrected chi connectivity index (χ2v) is 4.77. The summed E-state index contributed by atoms with van der Waals surface area (Å²) in [7, 11) is 0. The molecule has 92 valence electrons. The van der Waals surface area contributed by atoms with Crippen LogP contribution in [-0.4, -0.2) is 17.1 Å². The summed E-state index contributed by atoms with van der Waals surface area (Å²) >= 11 is 5.90. The first kappa shape index (κ1) is 12.4. The fourth-order valence-electron chi connectivity index (χ4n) is 1.76. The van der Waals surface area contributed by atoms with Gasteiger partial charge in [-0.2, -0.15) is 0 Å². The summed E-state index contributed by atoms with van der Waals surface area (Å²) in [4.78, 5) is 16.0. The van der Waals surface area contributed by atoms with Crippen LogP contribution in [0.15, 0.2) is 12.1 Å². The predicted molar refractivity (Wildman–Crippen MR) is 66.3 cm³/mol. The van der Waals surface area contributed by atoms with Gasteiger partial charge in [0.25, 0.3) is 0 Å². The van der Waals surface area contributed by atoms with Crippen molar-refractivity contribution in [1.29, 1.82) is 0 Å². The van der Waals surface area contributed by atoms with Crippen molar-refractivity contribution >= 4 is 17.6 Å². The van der Waals surface area contributed by atoms with Crippen LogP contribution in [0.4, 0.5) is 0 Å². The number of hydrogen-bond donors (Lipinski definition) is 0. The molecular formula is C13H16ClNO2. The second kappa shape index (κ2) is 5.50. The highest BCUT2D eigenvalue weighted by molar-refractivity contribution is 6.29. The van der Waals surface area contributed by atoms with Gasteiger partial charge in [-0.15, -0.1) is 0 Å². The molecule has 1 aliphatic rings. The van der Waals surface area contributed by atoms with Crippen LogP contribution in [0, 0.1) is 0 Å². The number of ether oxygens (including phenoxy) is 1. The molecule has 0 saturated heterocycles. The minimum atomic E-state index is -0.281. The first-order valence-electron chi connectivity index (χ1n) is 6.06. The Hall–Kier alpha value is -1.09. The average molecular weight is 254 g/mol. The van der Waals surface area contributed by atoms with Crippen LogP contribution in [0.3, 0.4) is 0 Å². The van der Waals surface area contributed by atoms with Gasteiger partial charge in [0.1, 0.15) is 11.3 Å². The minimum Gasteiger partial charge on any atom is -0.459 e. The molecule has 4 heteroatoms. The zero-order valence-electron chi connectivity index (χ0n) is 9.91. The molecule has 0 spiro atoms. The lowest BCUT2D eigenvalue weighted by Gasteiger charge is -2.25. The summed E-state index contributed by atoms with van der Waals surface area (Å²) in [5.41, 5.74) is 1.36. The van der Waals surface area contributed by atoms with Crippen molar-refractivity contribution in [3.8, 4) is 0 Å². The zero-order valence-corrected chi connectivity index (χ0v) is 10.7. The maximum Gasteiger partial charge on any atom is 0.338 e. The van der Waals surface area contributed by atoms with E-state index in [1.54, 1.807) is 12.1 Å². The number of esters is 1. The van der Waals surface area contributed by atoms with Gasteiger partial charge in [-0.25, -0.2) is 9.78 Å². The molecular weight excluding hydrogens is 238 g/mol. The Balaban J connectivity index is 2.09. The molecule has 0 atom stereocenters. The Morgan fingerprint density at radius 3 is 2.88 bits per heavy atom. The van der Waals surface area contributed by atoms with E-state index in [0.717, 1.165) is 37.8 Å². The van der Waals surface area contributed by atoms with E-state index in [4.69, 9.17) is 16.3 Å². The number of aryl methyl sites for hydroxylation is 1. The van der Waals surface area contributed by atoms with Crippen LogP contribution >= 0.6 is 11.6 Å². The summed E-state index contributed by atoms with van der Waals surface area (Å²) in [6.45, 7) is 2.06. The van der Waals surface area contributed by atoms with Crippen LogP contribution in [0.5, 0.6) is 0 Å². The lowest BCUT2D eigenvalue weighted by atomic mass is 9.96. The highest BCUT2D eigenvalue weighted by atomic mass is 35.5. The molecule has 0 aromatic carbocycles. The van der Waals surface area contributed by atoms with Crippen LogP contribution in [0.1, 0.15) is 48.7 Å². The molecule has 1 heterocycles. The van der Waals surface area contributed by atoms with E-state index in [9.17, 15) is 4.79 Å². The molecule has 0 bridgehead atoms. The SMILES string of the molecule is CCCc1cc(C(=O)OC2CCC2)cc(Cl)n1. The standard InChI is InChI=1S/C13H16ClNO2/c1-2-4-10-7-9(8-12(14)15-10)13(16)17-11-5-3-6-11/h7-8,11H,2-6H2,1H3. The molecule has 0 N–H and O–H groups in total. The summed E-state index contributed by atoms with van der Waals surface area (Å²) in [5.74, 6) is -0.281. The molecule has 0 unspecified atom stereocenters. The lowest BCUT2D eigenvalue weighted by Crippen LogP contribution is -2.25. The van der Waals surface area contributed by atoms with Crippen molar-refractivity contribution in [3.63, 3.8) is 0 Å². The molecule has 0 aliphatic heterocycles. The van der Waals surface area contributed by atoms with Crippen molar-refractivity contribution < 1.29 is 9.53 Å². The number of pyridine rings is 1. The van der Waals surface area contributed by atoms with E-state index in [2.05, 4.69) is 11.9 Å². The third-order valence-electron chi connectivity index (χ3n) is 2.91. The Morgan fingerprint density at radius 1 is 1.53 bits per heavy atom. The van der Waals surface area contributed by atoms with Gasteiger partial charge in [0.05, 0.1) is 5.56 Å². The van der Waals surface area contributed by atoms with Crippen LogP contribution in [0.25, 0.3) is 0 Å². The number of nitrogens with zero attached hydrogens (tertiary/aromatic N) is 1. The van der Waals surface area contributed by atoms with Gasteiger partial charge < -0.3 is 4.74 Å². The van der Waals surface area contributed by atoms with Gasteiger partial charge >= 0.3 is 5.97 Å². The minimum absolute atomic E-state index is 0.101. The van der Waals surface area contributed by atoms with E-state index in [0.29, 0.717) is 10.7 Å². The molecule has 0 radical (unpaired) electrons. The number of rotatable bonds is 4. The lowest BCUT2D eigenvalue weighted by molar-refractivity contribution is 0.00898. The molecule has 1 saturated carbocycles. The Morgan fingerprint density at radius 2 is 2.29 bits per heavy atom. The number of carbonyl (C=O) groups is 1. The Kier molecular flexibility index (Phi) is 4.00. The predicted octanol–water partition coefficient (Wildman–Crippen LogP) is 3.40. The average Bonchev–Trinajstić information content (AvgIpc) is 2.23. The molecule has 0 amide bonds. The van der Waals surface area contributed by atoms with Crippen molar-refractivity contribution in [2.45, 2.75) is 45.1 Å². The van der Waals surface area contributed by atoms with Gasteiger partial charge in [0.15, 0.2) is 0 Å². The normalized spacial score (nSPS) is 15.4. The van der Waals surface area contributed by atoms with Crippen LogP contribution in [-0.2, 0) is 11.2 Å². The van der Waals surface area contributed by atoms with Crippen molar-refractivity contribution in [2.75, 3.05) is 0 Å². The van der Waals surface area contributed by atoms with Crippen molar-refractivity contribution in [3.05, 3.63) is 28.5 Å². The summed E-state index contributed by atoms with van der Waals surface area (Å²) < 4.78 is 5.34.